The summed E-state index contributed by atoms with van der Waals surface area (Å²) < 4.78 is 10.4. The van der Waals surface area contributed by atoms with E-state index in [0.29, 0.717) is 12.8 Å². The Hall–Kier alpha value is -0.380. The maximum absolute atomic E-state index is 10.6. The minimum absolute atomic E-state index is 0.0668. The molecule has 0 aliphatic heterocycles. The molecule has 0 radical (unpaired) electrons. The fraction of sp³-hybridized carbons (Fsp3) is 0.857. The SMILES string of the molecule is CC(N)CCC(C[PH](=O)O)C(=O)O. The second-order valence-electron chi connectivity index (χ2n) is 3.19. The molecule has 0 saturated carbocycles. The minimum Gasteiger partial charge on any atom is -0.481 e. The van der Waals surface area contributed by atoms with E-state index < -0.39 is 19.9 Å². The third-order valence-corrected chi connectivity index (χ3v) is 2.58. The van der Waals surface area contributed by atoms with Gasteiger partial charge >= 0.3 is 5.97 Å². The van der Waals surface area contributed by atoms with E-state index in [9.17, 15) is 9.36 Å². The molecule has 4 N–H and O–H groups in total. The fourth-order valence-electron chi connectivity index (χ4n) is 0.988. The molecule has 0 heterocycles. The topological polar surface area (TPSA) is 101 Å². The van der Waals surface area contributed by atoms with E-state index in [1.807, 2.05) is 0 Å². The molecule has 0 bridgehead atoms. The van der Waals surface area contributed by atoms with Gasteiger partial charge in [-0.2, -0.15) is 0 Å². The van der Waals surface area contributed by atoms with Crippen molar-refractivity contribution < 1.29 is 19.4 Å². The summed E-state index contributed by atoms with van der Waals surface area (Å²) in [6, 6.07) is -0.0668. The lowest BCUT2D eigenvalue weighted by Crippen LogP contribution is -2.21. The monoisotopic (exact) mass is 209 g/mol. The van der Waals surface area contributed by atoms with Crippen LogP contribution in [0.3, 0.4) is 0 Å². The molecule has 3 unspecified atom stereocenters. The van der Waals surface area contributed by atoms with Crippen LogP contribution in [0.15, 0.2) is 0 Å². The van der Waals surface area contributed by atoms with Gasteiger partial charge in [-0.25, -0.2) is 0 Å². The van der Waals surface area contributed by atoms with Gasteiger partial charge in [-0.15, -0.1) is 0 Å². The van der Waals surface area contributed by atoms with Crippen molar-refractivity contribution in [3.8, 4) is 0 Å². The van der Waals surface area contributed by atoms with Crippen LogP contribution in [0.2, 0.25) is 0 Å². The van der Waals surface area contributed by atoms with Gasteiger partial charge in [-0.3, -0.25) is 9.36 Å². The zero-order valence-corrected chi connectivity index (χ0v) is 8.56. The first-order valence-electron chi connectivity index (χ1n) is 4.13. The first-order valence-corrected chi connectivity index (χ1v) is 5.70. The lowest BCUT2D eigenvalue weighted by molar-refractivity contribution is -0.141. The third-order valence-electron chi connectivity index (χ3n) is 1.74. The minimum atomic E-state index is -2.70. The van der Waals surface area contributed by atoms with Gasteiger partial charge < -0.3 is 15.7 Å². The van der Waals surface area contributed by atoms with Gasteiger partial charge in [0.25, 0.3) is 0 Å². The van der Waals surface area contributed by atoms with E-state index in [-0.39, 0.29) is 12.2 Å². The number of nitrogens with two attached hydrogens (primary N) is 1. The Morgan fingerprint density at radius 2 is 2.08 bits per heavy atom. The van der Waals surface area contributed by atoms with E-state index in [4.69, 9.17) is 15.7 Å². The molecule has 0 aliphatic rings. The number of hydrogen-bond acceptors (Lipinski definition) is 3. The van der Waals surface area contributed by atoms with E-state index >= 15 is 0 Å². The van der Waals surface area contributed by atoms with Crippen molar-refractivity contribution in [2.75, 3.05) is 6.16 Å². The Kier molecular flexibility index (Phi) is 5.95. The number of aliphatic carboxylic acids is 1. The molecule has 0 rings (SSSR count). The highest BCUT2D eigenvalue weighted by Crippen LogP contribution is 2.22. The van der Waals surface area contributed by atoms with Crippen LogP contribution >= 0.6 is 8.03 Å². The molecule has 5 nitrogen and oxygen atoms in total. The van der Waals surface area contributed by atoms with Crippen LogP contribution in [0, 0.1) is 5.92 Å². The van der Waals surface area contributed by atoms with Crippen molar-refractivity contribution in [3.63, 3.8) is 0 Å². The van der Waals surface area contributed by atoms with Crippen LogP contribution in [0.1, 0.15) is 19.8 Å². The van der Waals surface area contributed by atoms with Crippen molar-refractivity contribution in [2.24, 2.45) is 11.7 Å². The fourth-order valence-corrected chi connectivity index (χ4v) is 1.79. The summed E-state index contributed by atoms with van der Waals surface area (Å²) in [5.41, 5.74) is 5.45. The quantitative estimate of drug-likeness (QED) is 0.545. The number of carboxylic acids is 1. The molecule has 0 aromatic rings. The molecule has 0 fully saturated rings. The number of rotatable bonds is 6. The normalized spacial score (nSPS) is 17.8. The molecule has 0 saturated heterocycles. The van der Waals surface area contributed by atoms with E-state index in [1.54, 1.807) is 6.92 Å². The summed E-state index contributed by atoms with van der Waals surface area (Å²) in [5, 5.41) is 8.66. The van der Waals surface area contributed by atoms with Gasteiger partial charge in [0.2, 0.25) is 0 Å². The molecule has 3 atom stereocenters. The lowest BCUT2D eigenvalue weighted by Gasteiger charge is -2.11. The van der Waals surface area contributed by atoms with Gasteiger partial charge in [0, 0.05) is 12.2 Å². The van der Waals surface area contributed by atoms with Crippen LogP contribution in [0.25, 0.3) is 0 Å². The molecule has 0 spiro atoms. The number of hydrogen-bond donors (Lipinski definition) is 3. The third kappa shape index (κ3) is 6.75. The second kappa shape index (κ2) is 6.13. The van der Waals surface area contributed by atoms with Gasteiger partial charge in [-0.05, 0) is 19.8 Å². The summed E-state index contributed by atoms with van der Waals surface area (Å²) in [7, 11) is -2.70. The van der Waals surface area contributed by atoms with E-state index in [2.05, 4.69) is 0 Å². The molecule has 0 amide bonds. The summed E-state index contributed by atoms with van der Waals surface area (Å²) in [6.07, 6.45) is 0.781. The Balaban J connectivity index is 3.95. The van der Waals surface area contributed by atoms with Crippen LogP contribution in [-0.4, -0.2) is 28.2 Å². The van der Waals surface area contributed by atoms with Crippen molar-refractivity contribution in [1.29, 1.82) is 0 Å². The predicted molar refractivity (Wildman–Crippen MR) is 50.1 cm³/mol. The summed E-state index contributed by atoms with van der Waals surface area (Å²) in [5.74, 6) is -1.75. The van der Waals surface area contributed by atoms with Gasteiger partial charge in [0.15, 0.2) is 8.03 Å². The molecule has 0 aromatic heterocycles. The second-order valence-corrected chi connectivity index (χ2v) is 4.38. The highest BCUT2D eigenvalue weighted by molar-refractivity contribution is 7.38. The summed E-state index contributed by atoms with van der Waals surface area (Å²) in [6.45, 7) is 1.78. The predicted octanol–water partition coefficient (Wildman–Crippen LogP) is 0.282. The molecule has 78 valence electrons. The highest BCUT2D eigenvalue weighted by atomic mass is 31.1. The lowest BCUT2D eigenvalue weighted by atomic mass is 10.0. The largest absolute Gasteiger partial charge is 0.481 e. The van der Waals surface area contributed by atoms with E-state index in [0.717, 1.165) is 0 Å². The Morgan fingerprint density at radius 1 is 1.54 bits per heavy atom. The first-order chi connectivity index (χ1) is 5.93. The maximum Gasteiger partial charge on any atom is 0.307 e. The standard InChI is InChI=1S/C7H16NO4P/c1-5(8)2-3-6(7(9)10)4-13(11)12/h5-6,13H,2-4,8H2,1H3,(H,9,10)(H,11,12). The molecule has 0 aromatic carbocycles. The van der Waals surface area contributed by atoms with Crippen LogP contribution < -0.4 is 5.73 Å². The van der Waals surface area contributed by atoms with Crippen LogP contribution in [-0.2, 0) is 9.36 Å². The average molecular weight is 209 g/mol. The van der Waals surface area contributed by atoms with Gasteiger partial charge in [-0.1, -0.05) is 0 Å². The molecular weight excluding hydrogens is 193 g/mol. The van der Waals surface area contributed by atoms with E-state index in [1.165, 1.54) is 0 Å². The first kappa shape index (κ1) is 12.6. The molecule has 13 heavy (non-hydrogen) atoms. The zero-order valence-electron chi connectivity index (χ0n) is 7.56. The van der Waals surface area contributed by atoms with Crippen molar-refractivity contribution in [3.05, 3.63) is 0 Å². The average Bonchev–Trinajstić information content (AvgIpc) is 1.96. The van der Waals surface area contributed by atoms with Gasteiger partial charge in [0.05, 0.1) is 5.92 Å². The van der Waals surface area contributed by atoms with Crippen molar-refractivity contribution >= 4 is 14.0 Å². The molecule has 6 heteroatoms. The van der Waals surface area contributed by atoms with Crippen LogP contribution in [0.4, 0.5) is 0 Å². The number of carboxylic acid groups (broad SMARTS) is 1. The Labute approximate surface area is 77.8 Å². The Morgan fingerprint density at radius 3 is 2.38 bits per heavy atom. The van der Waals surface area contributed by atoms with Gasteiger partial charge in [0.1, 0.15) is 0 Å². The number of carbonyl (C=O) groups is 1. The summed E-state index contributed by atoms with van der Waals surface area (Å²) in [4.78, 5) is 19.2. The van der Waals surface area contributed by atoms with Crippen LogP contribution in [0.5, 0.6) is 0 Å². The van der Waals surface area contributed by atoms with Crippen molar-refractivity contribution in [2.45, 2.75) is 25.8 Å². The highest BCUT2D eigenvalue weighted by Gasteiger charge is 2.19. The maximum atomic E-state index is 10.6. The Bertz CT molecular complexity index is 195. The van der Waals surface area contributed by atoms with Crippen molar-refractivity contribution in [1.82, 2.24) is 0 Å². The smallest absolute Gasteiger partial charge is 0.307 e. The zero-order chi connectivity index (χ0) is 10.4. The summed E-state index contributed by atoms with van der Waals surface area (Å²) >= 11 is 0. The molecule has 0 aliphatic carbocycles. The molecular formula is C7H16NO4P.